The fourth-order valence-corrected chi connectivity index (χ4v) is 11.6. The molecular weight excluding hydrogens is 849 g/mol. The van der Waals surface area contributed by atoms with Crippen molar-refractivity contribution in [3.63, 3.8) is 0 Å². The Morgan fingerprint density at radius 1 is 0.386 bits per heavy atom. The summed E-state index contributed by atoms with van der Waals surface area (Å²) in [6.07, 6.45) is 0. The standard InChI is InChI=1S/C67H46N2O/c1-67(2)57-26-13-11-24-53(57)64-58(67)27-16-29-61(64)69(62-30-15-25-54-63-51-22-10-9-19-48(51)42-55(66(63)70-65(54)62)46-17-5-3-6-18-46)50-38-35-44(36-39-50)43-31-33-45(34-32-43)47-37-40-60-56(41-47)52-23-12-14-28-59(52)68(60)49-20-7-4-8-21-49/h3-42H,1-2H3. The van der Waals surface area contributed by atoms with Crippen LogP contribution in [0.25, 0.3) is 105 Å². The highest BCUT2D eigenvalue weighted by Gasteiger charge is 2.38. The molecule has 0 saturated heterocycles. The third kappa shape index (κ3) is 6.08. The van der Waals surface area contributed by atoms with Crippen LogP contribution in [0, 0.1) is 0 Å². The zero-order chi connectivity index (χ0) is 46.5. The molecule has 0 saturated carbocycles. The Balaban J connectivity index is 0.903. The van der Waals surface area contributed by atoms with Gasteiger partial charge in [0, 0.05) is 49.5 Å². The van der Waals surface area contributed by atoms with E-state index in [-0.39, 0.29) is 5.41 Å². The molecule has 0 N–H and O–H groups in total. The minimum absolute atomic E-state index is 0.161. The highest BCUT2D eigenvalue weighted by Crippen LogP contribution is 2.55. The van der Waals surface area contributed by atoms with Crippen molar-refractivity contribution in [1.29, 1.82) is 0 Å². The van der Waals surface area contributed by atoms with Crippen molar-refractivity contribution in [3.8, 4) is 50.2 Å². The molecule has 3 nitrogen and oxygen atoms in total. The van der Waals surface area contributed by atoms with E-state index in [4.69, 9.17) is 4.42 Å². The van der Waals surface area contributed by atoms with Gasteiger partial charge in [0.1, 0.15) is 5.58 Å². The third-order valence-corrected chi connectivity index (χ3v) is 15.0. The van der Waals surface area contributed by atoms with Gasteiger partial charge in [-0.15, -0.1) is 0 Å². The van der Waals surface area contributed by atoms with Crippen molar-refractivity contribution in [2.75, 3.05) is 4.90 Å². The number of hydrogen-bond donors (Lipinski definition) is 0. The Morgan fingerprint density at radius 3 is 1.77 bits per heavy atom. The van der Waals surface area contributed by atoms with Gasteiger partial charge in [0.05, 0.1) is 22.4 Å². The average Bonchev–Trinajstić information content (AvgIpc) is 4.06. The third-order valence-electron chi connectivity index (χ3n) is 15.0. The van der Waals surface area contributed by atoms with Gasteiger partial charge in [0.15, 0.2) is 5.58 Å². The Labute approximate surface area is 406 Å². The molecule has 3 heteroatoms. The summed E-state index contributed by atoms with van der Waals surface area (Å²) in [5.74, 6) is 0. The number of anilines is 3. The summed E-state index contributed by atoms with van der Waals surface area (Å²) >= 11 is 0. The predicted octanol–water partition coefficient (Wildman–Crippen LogP) is 18.6. The second-order valence-corrected chi connectivity index (χ2v) is 19.2. The van der Waals surface area contributed by atoms with E-state index in [9.17, 15) is 0 Å². The van der Waals surface area contributed by atoms with E-state index < -0.39 is 0 Å². The number of aromatic nitrogens is 1. The quantitative estimate of drug-likeness (QED) is 0.159. The molecule has 0 spiro atoms. The van der Waals surface area contributed by atoms with Gasteiger partial charge in [-0.3, -0.25) is 0 Å². The fraction of sp³-hybridized carbons (Fsp3) is 0.0448. The van der Waals surface area contributed by atoms with Crippen LogP contribution in [0.1, 0.15) is 25.0 Å². The molecule has 0 bridgehead atoms. The number of para-hydroxylation sites is 3. The molecule has 330 valence electrons. The summed E-state index contributed by atoms with van der Waals surface area (Å²) in [6, 6.07) is 88.4. The molecule has 11 aromatic carbocycles. The Kier molecular flexibility index (Phi) is 8.93. The van der Waals surface area contributed by atoms with Crippen LogP contribution in [-0.4, -0.2) is 4.57 Å². The Morgan fingerprint density at radius 2 is 0.971 bits per heavy atom. The van der Waals surface area contributed by atoms with Crippen molar-refractivity contribution in [2.45, 2.75) is 19.3 Å². The second-order valence-electron chi connectivity index (χ2n) is 19.2. The van der Waals surface area contributed by atoms with Crippen LogP contribution >= 0.6 is 0 Å². The van der Waals surface area contributed by atoms with Crippen LogP contribution in [0.4, 0.5) is 17.1 Å². The van der Waals surface area contributed by atoms with Gasteiger partial charge in [0.25, 0.3) is 0 Å². The largest absolute Gasteiger partial charge is 0.453 e. The Bertz CT molecular complexity index is 4180. The lowest BCUT2D eigenvalue weighted by Crippen LogP contribution is -2.16. The lowest BCUT2D eigenvalue weighted by molar-refractivity contribution is 0.660. The SMILES string of the molecule is CC1(C)c2ccccc2-c2c(N(c3ccc(-c4ccc(-c5ccc6c(c5)c5ccccc5n6-c5ccccc5)cc4)cc3)c3cccc4c3oc3c(-c5ccccc5)cc5ccccc5c34)cccc21. The Hall–Kier alpha value is -8.92. The summed E-state index contributed by atoms with van der Waals surface area (Å²) in [5, 5.41) is 7.11. The van der Waals surface area contributed by atoms with E-state index in [0.29, 0.717) is 0 Å². The monoisotopic (exact) mass is 894 g/mol. The predicted molar refractivity (Wildman–Crippen MR) is 294 cm³/mol. The van der Waals surface area contributed by atoms with E-state index in [1.54, 1.807) is 0 Å². The number of nitrogens with zero attached hydrogens (tertiary/aromatic N) is 2. The van der Waals surface area contributed by atoms with Gasteiger partial charge < -0.3 is 13.9 Å². The van der Waals surface area contributed by atoms with E-state index in [0.717, 1.165) is 55.7 Å². The van der Waals surface area contributed by atoms with E-state index >= 15 is 0 Å². The molecule has 14 rings (SSSR count). The minimum atomic E-state index is -0.161. The first kappa shape index (κ1) is 40.2. The van der Waals surface area contributed by atoms with Gasteiger partial charge >= 0.3 is 0 Å². The molecule has 0 fully saturated rings. The van der Waals surface area contributed by atoms with Crippen molar-refractivity contribution in [3.05, 3.63) is 254 Å². The lowest BCUT2D eigenvalue weighted by Gasteiger charge is -2.29. The van der Waals surface area contributed by atoms with Gasteiger partial charge in [-0.05, 0) is 116 Å². The summed E-state index contributed by atoms with van der Waals surface area (Å²) in [7, 11) is 0. The molecule has 0 atom stereocenters. The van der Waals surface area contributed by atoms with Crippen molar-refractivity contribution < 1.29 is 4.42 Å². The summed E-state index contributed by atoms with van der Waals surface area (Å²) in [6.45, 7) is 4.70. The topological polar surface area (TPSA) is 21.3 Å². The van der Waals surface area contributed by atoms with Crippen LogP contribution in [-0.2, 0) is 5.41 Å². The van der Waals surface area contributed by atoms with Crippen molar-refractivity contribution >= 4 is 71.6 Å². The first-order valence-electron chi connectivity index (χ1n) is 24.2. The molecule has 0 unspecified atom stereocenters. The fourth-order valence-electron chi connectivity index (χ4n) is 11.6. The van der Waals surface area contributed by atoms with Gasteiger partial charge in [0.2, 0.25) is 0 Å². The zero-order valence-electron chi connectivity index (χ0n) is 38.9. The van der Waals surface area contributed by atoms with Gasteiger partial charge in [-0.25, -0.2) is 0 Å². The number of furan rings is 1. The number of benzene rings is 11. The zero-order valence-corrected chi connectivity index (χ0v) is 38.9. The normalized spacial score (nSPS) is 12.8. The number of rotatable bonds is 7. The summed E-state index contributed by atoms with van der Waals surface area (Å²) in [4.78, 5) is 2.43. The number of fused-ring (bicyclic) bond motifs is 11. The van der Waals surface area contributed by atoms with Gasteiger partial charge in [-0.2, -0.15) is 0 Å². The molecular formula is C67H46N2O. The van der Waals surface area contributed by atoms with Crippen LogP contribution < -0.4 is 4.90 Å². The first-order chi connectivity index (χ1) is 34.5. The lowest BCUT2D eigenvalue weighted by atomic mass is 9.82. The molecule has 0 radical (unpaired) electrons. The van der Waals surface area contributed by atoms with Crippen LogP contribution in [0.2, 0.25) is 0 Å². The van der Waals surface area contributed by atoms with Crippen LogP contribution in [0.5, 0.6) is 0 Å². The molecule has 13 aromatic rings. The molecule has 0 amide bonds. The molecule has 1 aliphatic carbocycles. The van der Waals surface area contributed by atoms with E-state index in [1.165, 1.54) is 77.2 Å². The maximum Gasteiger partial charge on any atom is 0.159 e. The first-order valence-corrected chi connectivity index (χ1v) is 24.2. The molecule has 0 aliphatic heterocycles. The van der Waals surface area contributed by atoms with Crippen molar-refractivity contribution in [1.82, 2.24) is 4.57 Å². The summed E-state index contributed by atoms with van der Waals surface area (Å²) in [5.41, 5.74) is 20.5. The summed E-state index contributed by atoms with van der Waals surface area (Å²) < 4.78 is 9.66. The maximum absolute atomic E-state index is 7.29. The van der Waals surface area contributed by atoms with E-state index in [2.05, 4.69) is 266 Å². The van der Waals surface area contributed by atoms with Crippen LogP contribution in [0.15, 0.2) is 247 Å². The molecule has 70 heavy (non-hydrogen) atoms. The van der Waals surface area contributed by atoms with Crippen LogP contribution in [0.3, 0.4) is 0 Å². The van der Waals surface area contributed by atoms with Crippen molar-refractivity contribution in [2.24, 2.45) is 0 Å². The number of hydrogen-bond acceptors (Lipinski definition) is 2. The smallest absolute Gasteiger partial charge is 0.159 e. The molecule has 1 aliphatic rings. The highest BCUT2D eigenvalue weighted by atomic mass is 16.3. The average molecular weight is 895 g/mol. The maximum atomic E-state index is 7.29. The second kappa shape index (κ2) is 15.6. The minimum Gasteiger partial charge on any atom is -0.453 e. The van der Waals surface area contributed by atoms with Gasteiger partial charge in [-0.1, -0.05) is 196 Å². The molecule has 2 heterocycles. The highest BCUT2D eigenvalue weighted by molar-refractivity contribution is 6.24. The molecule has 2 aromatic heterocycles. The van der Waals surface area contributed by atoms with E-state index in [1.807, 2.05) is 0 Å².